The van der Waals surface area contributed by atoms with Gasteiger partial charge in [-0.25, -0.2) is 19.2 Å². The van der Waals surface area contributed by atoms with Crippen LogP contribution in [0.1, 0.15) is 41.4 Å². The Morgan fingerprint density at radius 3 is 0.520 bits per heavy atom. The van der Waals surface area contributed by atoms with Crippen LogP contribution >= 0.6 is 0 Å². The molecule has 4 aromatic rings. The van der Waals surface area contributed by atoms with E-state index in [1.807, 2.05) is 0 Å². The van der Waals surface area contributed by atoms with Gasteiger partial charge in [-0.15, -0.1) is 0 Å². The summed E-state index contributed by atoms with van der Waals surface area (Å²) in [5.41, 5.74) is -1.32. The fourth-order valence-corrected chi connectivity index (χ4v) is 2.89. The summed E-state index contributed by atoms with van der Waals surface area (Å²) in [5, 5.41) is 147. The summed E-state index contributed by atoms with van der Waals surface area (Å²) in [5.74, 6) is -15.3. The average Bonchev–Trinajstić information content (AvgIpc) is 2.99. The fourth-order valence-electron chi connectivity index (χ4n) is 2.89. The minimum Gasteiger partial charge on any atom is -0.867 e. The van der Waals surface area contributed by atoms with Crippen LogP contribution in [0.5, 0.6) is 69.0 Å². The van der Waals surface area contributed by atoms with Crippen LogP contribution in [0.2, 0.25) is 0 Å². The molecular formula is C28H20MnO20Zn. The van der Waals surface area contributed by atoms with E-state index in [-0.39, 0.29) is 58.8 Å². The van der Waals surface area contributed by atoms with E-state index in [0.29, 0.717) is 0 Å². The average molecular weight is 797 g/mol. The standard InChI is InChI=1S/4C7H6O5.Mn.Zn/c4*8-4-1-3(7(11)12)2-5(9)6(4)10;;/h4*1-2,8-10H,(H,11,12);;/q;;;;2*+2/p-4. The Hall–Kier alpha value is -6.50. The number of aromatic carboxylic acids is 4. The van der Waals surface area contributed by atoms with E-state index in [1.54, 1.807) is 0 Å². The van der Waals surface area contributed by atoms with Crippen LogP contribution in [-0.4, -0.2) is 85.2 Å². The molecule has 0 saturated carbocycles. The number of hydrogen-bond acceptors (Lipinski definition) is 16. The van der Waals surface area contributed by atoms with Crippen molar-refractivity contribution in [3.05, 3.63) is 70.8 Å². The second-order valence-corrected chi connectivity index (χ2v) is 8.60. The van der Waals surface area contributed by atoms with Gasteiger partial charge >= 0.3 is 60.4 Å². The van der Waals surface area contributed by atoms with Gasteiger partial charge in [0.2, 0.25) is 0 Å². The van der Waals surface area contributed by atoms with E-state index in [1.165, 1.54) is 0 Å². The quantitative estimate of drug-likeness (QED) is 0.115. The second kappa shape index (κ2) is 19.4. The minimum atomic E-state index is -1.32. The van der Waals surface area contributed by atoms with Crippen molar-refractivity contribution in [1.29, 1.82) is 0 Å². The predicted octanol–water partition coefficient (Wildman–Crippen LogP) is -0.527. The third kappa shape index (κ3) is 12.6. The largest absolute Gasteiger partial charge is 2.00 e. The first-order valence-corrected chi connectivity index (χ1v) is 11.9. The van der Waals surface area contributed by atoms with Gasteiger partial charge in [0.1, 0.15) is 46.0 Å². The summed E-state index contributed by atoms with van der Waals surface area (Å²) >= 11 is 0. The molecule has 0 heterocycles. The molecule has 0 unspecified atom stereocenters. The van der Waals surface area contributed by atoms with Gasteiger partial charge in [0.25, 0.3) is 0 Å². The molecule has 20 nitrogen and oxygen atoms in total. The first-order valence-electron chi connectivity index (χ1n) is 11.9. The number of carboxylic acid groups (broad SMARTS) is 4. The molecule has 50 heavy (non-hydrogen) atoms. The molecule has 0 amide bonds. The van der Waals surface area contributed by atoms with Crippen LogP contribution in [0, 0.1) is 0 Å². The van der Waals surface area contributed by atoms with Crippen molar-refractivity contribution in [2.75, 3.05) is 0 Å². The summed E-state index contributed by atoms with van der Waals surface area (Å²) < 4.78 is 0. The van der Waals surface area contributed by atoms with Crippen molar-refractivity contribution in [3.8, 4) is 69.0 Å². The first kappa shape index (κ1) is 45.6. The molecule has 12 N–H and O–H groups in total. The van der Waals surface area contributed by atoms with Gasteiger partial charge < -0.3 is 81.7 Å². The number of phenols is 8. The van der Waals surface area contributed by atoms with Gasteiger partial charge in [0, 0.05) is 0 Å². The van der Waals surface area contributed by atoms with E-state index < -0.39 is 92.9 Å². The molecule has 0 aliphatic heterocycles. The topological polar surface area (TPSA) is 403 Å². The van der Waals surface area contributed by atoms with Crippen molar-refractivity contribution in [2.45, 2.75) is 0 Å². The third-order valence-corrected chi connectivity index (χ3v) is 5.19. The van der Waals surface area contributed by atoms with Crippen LogP contribution in [-0.2, 0) is 36.5 Å². The number of benzene rings is 4. The normalized spacial score (nSPS) is 9.28. The Morgan fingerprint density at radius 1 is 0.340 bits per heavy atom. The molecule has 261 valence electrons. The van der Waals surface area contributed by atoms with Crippen LogP contribution in [0.4, 0.5) is 0 Å². The molecule has 4 aromatic carbocycles. The molecule has 0 aliphatic rings. The smallest absolute Gasteiger partial charge is 0.867 e. The maximum absolute atomic E-state index is 10.7. The molecule has 22 heteroatoms. The summed E-state index contributed by atoms with van der Waals surface area (Å²) in [4.78, 5) is 41.2. The van der Waals surface area contributed by atoms with Gasteiger partial charge in [0.15, 0.2) is 0 Å². The molecule has 0 spiro atoms. The number of phenolic OH excluding ortho intramolecular Hbond substituents is 8. The Labute approximate surface area is 300 Å². The van der Waals surface area contributed by atoms with Crippen molar-refractivity contribution in [2.24, 2.45) is 0 Å². The molecule has 0 aliphatic carbocycles. The Morgan fingerprint density at radius 2 is 0.440 bits per heavy atom. The number of carboxylic acids is 4. The predicted molar refractivity (Wildman–Crippen MR) is 145 cm³/mol. The molecule has 0 bridgehead atoms. The van der Waals surface area contributed by atoms with E-state index in [9.17, 15) is 39.6 Å². The molecular weight excluding hydrogens is 777 g/mol. The van der Waals surface area contributed by atoms with E-state index in [0.717, 1.165) is 48.5 Å². The van der Waals surface area contributed by atoms with Gasteiger partial charge in [-0.3, -0.25) is 0 Å². The zero-order chi connectivity index (χ0) is 37.2. The molecule has 0 aromatic heterocycles. The Balaban J connectivity index is 0. The SMILES string of the molecule is O=C(O)c1cc(O)c([O-])c(O)c1.O=C(O)c1cc(O)c([O-])c(O)c1.O=C(O)c1cc(O)c([O-])c(O)c1.O=C(O)c1cc(O)c([O-])c(O)c1.[Mn+2].[Zn+2]. The maximum Gasteiger partial charge on any atom is 2.00 e. The van der Waals surface area contributed by atoms with Crippen molar-refractivity contribution in [1.82, 2.24) is 0 Å². The Kier molecular flexibility index (Phi) is 17.7. The van der Waals surface area contributed by atoms with E-state index >= 15 is 0 Å². The summed E-state index contributed by atoms with van der Waals surface area (Å²) in [6.45, 7) is 0. The molecule has 0 saturated heterocycles. The molecule has 1 radical (unpaired) electrons. The zero-order valence-corrected chi connectivity index (χ0v) is 28.5. The molecule has 0 atom stereocenters. The van der Waals surface area contributed by atoms with Gasteiger partial charge in [-0.2, -0.15) is 0 Å². The van der Waals surface area contributed by atoms with Crippen LogP contribution in [0.25, 0.3) is 0 Å². The third-order valence-electron chi connectivity index (χ3n) is 5.19. The number of hydrogen-bond donors (Lipinski definition) is 12. The summed E-state index contributed by atoms with van der Waals surface area (Å²) in [6, 6.07) is 6.26. The van der Waals surface area contributed by atoms with Gasteiger partial charge in [-0.1, -0.05) is 0 Å². The van der Waals surface area contributed by atoms with Crippen molar-refractivity contribution >= 4 is 23.9 Å². The number of carbonyl (C=O) groups is 4. The summed E-state index contributed by atoms with van der Waals surface area (Å²) in [6.07, 6.45) is 0. The van der Waals surface area contributed by atoms with Crippen LogP contribution < -0.4 is 20.4 Å². The van der Waals surface area contributed by atoms with Crippen LogP contribution in [0.3, 0.4) is 0 Å². The van der Waals surface area contributed by atoms with Crippen molar-refractivity contribution in [3.63, 3.8) is 0 Å². The fraction of sp³-hybridized carbons (Fsp3) is 0. The number of aromatic hydroxyl groups is 8. The molecule has 0 fully saturated rings. The minimum absolute atomic E-state index is 0. The zero-order valence-electron chi connectivity index (χ0n) is 24.3. The maximum atomic E-state index is 10.7. The summed E-state index contributed by atoms with van der Waals surface area (Å²) in [7, 11) is 0. The number of rotatable bonds is 4. The monoisotopic (exact) mass is 795 g/mol. The first-order chi connectivity index (χ1) is 22.1. The van der Waals surface area contributed by atoms with E-state index in [4.69, 9.17) is 61.3 Å². The van der Waals surface area contributed by atoms with Gasteiger partial charge in [-0.05, 0) is 71.5 Å². The van der Waals surface area contributed by atoms with Crippen LogP contribution in [0.15, 0.2) is 48.5 Å². The second-order valence-electron chi connectivity index (χ2n) is 8.60. The molecule has 4 rings (SSSR count). The Bertz CT molecular complexity index is 1510. The van der Waals surface area contributed by atoms with Gasteiger partial charge in [0.05, 0.1) is 22.3 Å². The van der Waals surface area contributed by atoms with Crippen molar-refractivity contribution < 1.29 is 137 Å². The van der Waals surface area contributed by atoms with E-state index in [2.05, 4.69) is 0 Å².